The Balaban J connectivity index is 1.07. The molecule has 6 aromatic carbocycles. The molecule has 3 heteroatoms. The molecule has 0 fully saturated rings. The summed E-state index contributed by atoms with van der Waals surface area (Å²) in [6.07, 6.45) is 12.9. The Bertz CT molecular complexity index is 2990. The van der Waals surface area contributed by atoms with Crippen LogP contribution in [0.5, 0.6) is 0 Å². The minimum Gasteiger partial charge on any atom is -0.313 e. The Labute approximate surface area is 295 Å². The molecule has 0 amide bonds. The normalized spacial score (nSPS) is 15.3. The zero-order valence-corrected chi connectivity index (χ0v) is 28.2. The molecule has 242 valence electrons. The number of hydrogen-bond donors (Lipinski definition) is 0. The van der Waals surface area contributed by atoms with Crippen molar-refractivity contribution in [2.45, 2.75) is 25.2 Å². The fourth-order valence-electron chi connectivity index (χ4n) is 8.98. The molecule has 0 N–H and O–H groups in total. The van der Waals surface area contributed by atoms with Crippen molar-refractivity contribution in [1.29, 1.82) is 0 Å². The van der Waals surface area contributed by atoms with E-state index < -0.39 is 0 Å². The first-order chi connectivity index (χ1) is 25.3. The lowest BCUT2D eigenvalue weighted by atomic mass is 9.90. The highest BCUT2D eigenvalue weighted by atomic mass is 15.0. The summed E-state index contributed by atoms with van der Waals surface area (Å²) in [6, 6.07) is 53.4. The topological polar surface area (TPSA) is 14.8 Å². The van der Waals surface area contributed by atoms with Crippen LogP contribution in [-0.4, -0.2) is 13.7 Å². The van der Waals surface area contributed by atoms with Gasteiger partial charge >= 0.3 is 0 Å². The predicted molar refractivity (Wildman–Crippen MR) is 214 cm³/mol. The molecule has 3 heterocycles. The van der Waals surface area contributed by atoms with Crippen molar-refractivity contribution >= 4 is 61.8 Å². The number of benzene rings is 6. The van der Waals surface area contributed by atoms with Gasteiger partial charge < -0.3 is 13.7 Å². The van der Waals surface area contributed by atoms with Crippen molar-refractivity contribution < 1.29 is 0 Å². The van der Waals surface area contributed by atoms with Crippen molar-refractivity contribution in [2.75, 3.05) is 0 Å². The average molecular weight is 654 g/mol. The van der Waals surface area contributed by atoms with Gasteiger partial charge in [-0.1, -0.05) is 103 Å². The van der Waals surface area contributed by atoms with Gasteiger partial charge in [-0.15, -0.1) is 0 Å². The van der Waals surface area contributed by atoms with Gasteiger partial charge in [0.1, 0.15) is 0 Å². The van der Waals surface area contributed by atoms with Crippen molar-refractivity contribution in [3.05, 3.63) is 179 Å². The van der Waals surface area contributed by atoms with E-state index in [1.54, 1.807) is 0 Å². The molecule has 2 aliphatic carbocycles. The van der Waals surface area contributed by atoms with Crippen molar-refractivity contribution in [2.24, 2.45) is 0 Å². The van der Waals surface area contributed by atoms with Crippen LogP contribution in [0.2, 0.25) is 0 Å². The molecule has 3 aromatic heterocycles. The van der Waals surface area contributed by atoms with Gasteiger partial charge in [-0.25, -0.2) is 0 Å². The smallest absolute Gasteiger partial charge is 0.0542 e. The number of rotatable bonds is 4. The summed E-state index contributed by atoms with van der Waals surface area (Å²) in [5.41, 5.74) is 12.7. The molecule has 0 spiro atoms. The molecular weight excluding hydrogens is 619 g/mol. The third kappa shape index (κ3) is 4.25. The van der Waals surface area contributed by atoms with Crippen LogP contribution in [0, 0.1) is 0 Å². The zero-order valence-electron chi connectivity index (χ0n) is 28.2. The number of fused-ring (bicyclic) bond motifs is 9. The monoisotopic (exact) mass is 653 g/mol. The first-order valence-electron chi connectivity index (χ1n) is 18.1. The van der Waals surface area contributed by atoms with Gasteiger partial charge in [-0.2, -0.15) is 0 Å². The van der Waals surface area contributed by atoms with E-state index in [9.17, 15) is 0 Å². The van der Waals surface area contributed by atoms with Gasteiger partial charge in [-0.3, -0.25) is 0 Å². The number of allylic oxidation sites excluding steroid dienone is 1. The van der Waals surface area contributed by atoms with E-state index in [1.165, 1.54) is 88.1 Å². The van der Waals surface area contributed by atoms with E-state index in [0.29, 0.717) is 5.92 Å². The molecule has 0 saturated carbocycles. The number of hydrogen-bond acceptors (Lipinski definition) is 0. The van der Waals surface area contributed by atoms with Crippen LogP contribution in [0.15, 0.2) is 152 Å². The second-order valence-electron chi connectivity index (χ2n) is 14.0. The lowest BCUT2D eigenvalue weighted by Crippen LogP contribution is -2.32. The first kappa shape index (κ1) is 28.5. The Kier molecular flexibility index (Phi) is 6.20. The molecule has 51 heavy (non-hydrogen) atoms. The maximum Gasteiger partial charge on any atom is 0.0542 e. The molecular formula is C48H35N3. The van der Waals surface area contributed by atoms with Crippen LogP contribution in [0.25, 0.3) is 78.9 Å². The summed E-state index contributed by atoms with van der Waals surface area (Å²) < 4.78 is 7.35. The average Bonchev–Trinajstić information content (AvgIpc) is 3.83. The minimum atomic E-state index is 0.315. The zero-order chi connectivity index (χ0) is 33.5. The summed E-state index contributed by atoms with van der Waals surface area (Å²) in [4.78, 5) is 0. The first-order valence-corrected chi connectivity index (χ1v) is 18.1. The largest absolute Gasteiger partial charge is 0.313 e. The Morgan fingerprint density at radius 2 is 1.08 bits per heavy atom. The van der Waals surface area contributed by atoms with Crippen LogP contribution in [-0.2, 0) is 6.42 Å². The van der Waals surface area contributed by atoms with E-state index >= 15 is 0 Å². The molecule has 9 aromatic rings. The highest BCUT2D eigenvalue weighted by molar-refractivity contribution is 6.12. The summed E-state index contributed by atoms with van der Waals surface area (Å²) in [7, 11) is 0. The Hall–Kier alpha value is -6.32. The van der Waals surface area contributed by atoms with Crippen LogP contribution in [0.1, 0.15) is 35.6 Å². The quantitative estimate of drug-likeness (QED) is 0.180. The molecule has 0 radical (unpaired) electrons. The number of nitrogens with zero attached hydrogens (tertiary/aromatic N) is 3. The molecule has 0 saturated heterocycles. The van der Waals surface area contributed by atoms with Crippen molar-refractivity contribution in [3.8, 4) is 17.1 Å². The fourth-order valence-corrected chi connectivity index (χ4v) is 8.98. The molecule has 1 unspecified atom stereocenters. The molecule has 3 nitrogen and oxygen atoms in total. The lowest BCUT2D eigenvalue weighted by molar-refractivity contribution is 0.850. The summed E-state index contributed by atoms with van der Waals surface area (Å²) >= 11 is 0. The second-order valence-corrected chi connectivity index (χ2v) is 14.0. The van der Waals surface area contributed by atoms with E-state index in [1.807, 2.05) is 0 Å². The molecule has 1 atom stereocenters. The predicted octanol–water partition coefficient (Wildman–Crippen LogP) is 10.4. The van der Waals surface area contributed by atoms with E-state index in [4.69, 9.17) is 0 Å². The van der Waals surface area contributed by atoms with Gasteiger partial charge in [0, 0.05) is 66.4 Å². The summed E-state index contributed by atoms with van der Waals surface area (Å²) in [5, 5.41) is 7.85. The highest BCUT2D eigenvalue weighted by Gasteiger charge is 2.22. The number of para-hydroxylation sites is 4. The second kappa shape index (κ2) is 11.1. The lowest BCUT2D eigenvalue weighted by Gasteiger charge is -2.16. The fraction of sp³-hybridized carbons (Fsp3) is 0.0833. The van der Waals surface area contributed by atoms with Crippen molar-refractivity contribution in [1.82, 2.24) is 13.7 Å². The Morgan fingerprint density at radius 1 is 0.490 bits per heavy atom. The van der Waals surface area contributed by atoms with Gasteiger partial charge in [0.05, 0.1) is 22.1 Å². The number of aromatic nitrogens is 3. The Morgan fingerprint density at radius 3 is 1.80 bits per heavy atom. The molecule has 2 aliphatic rings. The SMILES string of the molecule is C1=Cc2c(n(-c3ccccc3)c3c2=CC(c2ccc4c(c2)c2ccccc2n4-c2ccc4c(c2)c2ccccc2n4-c2ccccc2)CC=3)CC1. The standard InChI is InChI=1S/C48H35N3/c1-3-13-34(14-4-1)49-43-20-10-7-17-37(43)40-29-32(23-26-46(40)49)33-24-27-47-41(30-33)38-18-8-12-22-45(38)51(47)36-25-28-48-42(31-36)39-19-9-11-21-44(39)50(48)35-15-5-2-6-16-35/h1-9,11-19,21-22,24-32H,10,20,23H2. The molecule has 0 aliphatic heterocycles. The van der Waals surface area contributed by atoms with Gasteiger partial charge in [-0.05, 0) is 91.6 Å². The molecule has 11 rings (SSSR count). The van der Waals surface area contributed by atoms with Gasteiger partial charge in [0.2, 0.25) is 0 Å². The van der Waals surface area contributed by atoms with Crippen LogP contribution < -0.4 is 10.6 Å². The maximum absolute atomic E-state index is 2.54. The van der Waals surface area contributed by atoms with Crippen LogP contribution >= 0.6 is 0 Å². The maximum atomic E-state index is 2.54. The van der Waals surface area contributed by atoms with Crippen molar-refractivity contribution in [3.63, 3.8) is 0 Å². The third-order valence-corrected chi connectivity index (χ3v) is 11.2. The summed E-state index contributed by atoms with van der Waals surface area (Å²) in [5.74, 6) is 0.315. The summed E-state index contributed by atoms with van der Waals surface area (Å²) in [6.45, 7) is 0. The van der Waals surface area contributed by atoms with E-state index in [0.717, 1.165) is 19.3 Å². The van der Waals surface area contributed by atoms with Crippen LogP contribution in [0.4, 0.5) is 0 Å². The minimum absolute atomic E-state index is 0.315. The van der Waals surface area contributed by atoms with Gasteiger partial charge in [0.25, 0.3) is 0 Å². The molecule has 0 bridgehead atoms. The van der Waals surface area contributed by atoms with E-state index in [-0.39, 0.29) is 0 Å². The van der Waals surface area contributed by atoms with E-state index in [2.05, 4.69) is 184 Å². The van der Waals surface area contributed by atoms with Crippen LogP contribution in [0.3, 0.4) is 0 Å². The van der Waals surface area contributed by atoms with Gasteiger partial charge in [0.15, 0.2) is 0 Å². The third-order valence-electron chi connectivity index (χ3n) is 11.2. The highest BCUT2D eigenvalue weighted by Crippen LogP contribution is 2.38.